The standard InChI is InChI=1S/C15H20N4O2S/c1-2-17-13-5-8-15(19-11-13)18-10-9-12-3-6-14(7-4-12)22(16,20)21/h3-8,11,17H,2,9-10H2,1H3,(H,18,19)(H2,16,20,21). The van der Waals surface area contributed by atoms with Gasteiger partial charge in [-0.05, 0) is 43.2 Å². The van der Waals surface area contributed by atoms with Crippen LogP contribution in [-0.2, 0) is 16.4 Å². The van der Waals surface area contributed by atoms with Gasteiger partial charge in [0.05, 0.1) is 16.8 Å². The molecular formula is C15H20N4O2S. The molecule has 22 heavy (non-hydrogen) atoms. The van der Waals surface area contributed by atoms with Crippen molar-refractivity contribution < 1.29 is 8.42 Å². The summed E-state index contributed by atoms with van der Waals surface area (Å²) in [5, 5.41) is 11.5. The van der Waals surface area contributed by atoms with Crippen LogP contribution in [0.2, 0.25) is 0 Å². The van der Waals surface area contributed by atoms with Crippen molar-refractivity contribution in [3.8, 4) is 0 Å². The molecule has 4 N–H and O–H groups in total. The highest BCUT2D eigenvalue weighted by Gasteiger charge is 2.06. The Morgan fingerprint density at radius 1 is 1.09 bits per heavy atom. The second kappa shape index (κ2) is 7.24. The van der Waals surface area contributed by atoms with Crippen molar-refractivity contribution >= 4 is 21.5 Å². The molecule has 2 rings (SSSR count). The highest BCUT2D eigenvalue weighted by Crippen LogP contribution is 2.11. The lowest BCUT2D eigenvalue weighted by Crippen LogP contribution is -2.12. The maximum Gasteiger partial charge on any atom is 0.238 e. The largest absolute Gasteiger partial charge is 0.384 e. The molecule has 1 heterocycles. The number of nitrogens with two attached hydrogens (primary N) is 1. The Morgan fingerprint density at radius 3 is 2.36 bits per heavy atom. The molecule has 0 aliphatic rings. The van der Waals surface area contributed by atoms with E-state index in [9.17, 15) is 8.42 Å². The van der Waals surface area contributed by atoms with Crippen LogP contribution in [0, 0.1) is 0 Å². The molecule has 0 aliphatic carbocycles. The molecule has 0 amide bonds. The van der Waals surface area contributed by atoms with Crippen LogP contribution in [0.25, 0.3) is 0 Å². The minimum Gasteiger partial charge on any atom is -0.384 e. The lowest BCUT2D eigenvalue weighted by atomic mass is 10.1. The van der Waals surface area contributed by atoms with Gasteiger partial charge in [-0.3, -0.25) is 0 Å². The lowest BCUT2D eigenvalue weighted by Gasteiger charge is -2.08. The fourth-order valence-electron chi connectivity index (χ4n) is 1.99. The van der Waals surface area contributed by atoms with Crippen LogP contribution in [0.15, 0.2) is 47.5 Å². The maximum absolute atomic E-state index is 11.2. The van der Waals surface area contributed by atoms with Crippen LogP contribution in [0.5, 0.6) is 0 Å². The van der Waals surface area contributed by atoms with Gasteiger partial charge in [-0.1, -0.05) is 12.1 Å². The number of anilines is 2. The zero-order valence-electron chi connectivity index (χ0n) is 12.4. The Morgan fingerprint density at radius 2 is 1.82 bits per heavy atom. The highest BCUT2D eigenvalue weighted by atomic mass is 32.2. The van der Waals surface area contributed by atoms with Gasteiger partial charge in [0, 0.05) is 13.1 Å². The van der Waals surface area contributed by atoms with Gasteiger partial charge in [0.25, 0.3) is 0 Å². The molecule has 7 heteroatoms. The Labute approximate surface area is 130 Å². The van der Waals surface area contributed by atoms with Crippen molar-refractivity contribution in [2.45, 2.75) is 18.2 Å². The number of pyridine rings is 1. The van der Waals surface area contributed by atoms with Gasteiger partial charge < -0.3 is 10.6 Å². The zero-order chi connectivity index (χ0) is 16.0. The molecule has 2 aromatic rings. The number of hydrogen-bond acceptors (Lipinski definition) is 5. The minimum atomic E-state index is -3.62. The average Bonchev–Trinajstić information content (AvgIpc) is 2.49. The van der Waals surface area contributed by atoms with E-state index in [2.05, 4.69) is 15.6 Å². The SMILES string of the molecule is CCNc1ccc(NCCc2ccc(S(N)(=O)=O)cc2)nc1. The van der Waals surface area contributed by atoms with Gasteiger partial charge in [0.15, 0.2) is 0 Å². The van der Waals surface area contributed by atoms with E-state index >= 15 is 0 Å². The third-order valence-corrected chi connectivity index (χ3v) is 4.05. The van der Waals surface area contributed by atoms with Crippen molar-refractivity contribution in [3.05, 3.63) is 48.2 Å². The van der Waals surface area contributed by atoms with Crippen LogP contribution >= 0.6 is 0 Å². The first kappa shape index (κ1) is 16.3. The lowest BCUT2D eigenvalue weighted by molar-refractivity contribution is 0.598. The molecule has 1 aromatic heterocycles. The molecule has 0 saturated heterocycles. The molecule has 1 aromatic carbocycles. The van der Waals surface area contributed by atoms with Crippen LogP contribution in [0.4, 0.5) is 11.5 Å². The highest BCUT2D eigenvalue weighted by molar-refractivity contribution is 7.89. The van der Waals surface area contributed by atoms with E-state index in [0.717, 1.165) is 30.0 Å². The molecule has 0 bridgehead atoms. The topological polar surface area (TPSA) is 97.1 Å². The van der Waals surface area contributed by atoms with Crippen molar-refractivity contribution in [3.63, 3.8) is 0 Å². The summed E-state index contributed by atoms with van der Waals surface area (Å²) in [5.74, 6) is 0.808. The molecule has 118 valence electrons. The average molecular weight is 320 g/mol. The van der Waals surface area contributed by atoms with E-state index < -0.39 is 10.0 Å². The third kappa shape index (κ3) is 4.71. The summed E-state index contributed by atoms with van der Waals surface area (Å²) in [6.07, 6.45) is 2.55. The molecule has 0 unspecified atom stereocenters. The third-order valence-electron chi connectivity index (χ3n) is 3.12. The van der Waals surface area contributed by atoms with E-state index in [-0.39, 0.29) is 4.90 Å². The van der Waals surface area contributed by atoms with Crippen molar-refractivity contribution in [1.82, 2.24) is 4.98 Å². The summed E-state index contributed by atoms with van der Waals surface area (Å²) < 4.78 is 22.3. The zero-order valence-corrected chi connectivity index (χ0v) is 13.2. The summed E-state index contributed by atoms with van der Waals surface area (Å²) in [7, 11) is -3.62. The molecule has 6 nitrogen and oxygen atoms in total. The summed E-state index contributed by atoms with van der Waals surface area (Å²) in [6.45, 7) is 3.61. The van der Waals surface area contributed by atoms with Crippen molar-refractivity contribution in [1.29, 1.82) is 0 Å². The number of nitrogens with one attached hydrogen (secondary N) is 2. The van der Waals surface area contributed by atoms with E-state index in [1.165, 1.54) is 12.1 Å². The van der Waals surface area contributed by atoms with Crippen LogP contribution < -0.4 is 15.8 Å². The van der Waals surface area contributed by atoms with E-state index in [1.54, 1.807) is 18.3 Å². The fourth-order valence-corrected chi connectivity index (χ4v) is 2.50. The van der Waals surface area contributed by atoms with Crippen molar-refractivity contribution in [2.75, 3.05) is 23.7 Å². The Bertz CT molecular complexity index is 697. The smallest absolute Gasteiger partial charge is 0.238 e. The van der Waals surface area contributed by atoms with Crippen LogP contribution in [0.3, 0.4) is 0 Å². The first-order valence-corrected chi connectivity index (χ1v) is 8.59. The van der Waals surface area contributed by atoms with Crippen molar-refractivity contribution in [2.24, 2.45) is 5.14 Å². The summed E-state index contributed by atoms with van der Waals surface area (Å²) in [4.78, 5) is 4.43. The van der Waals surface area contributed by atoms with E-state index in [1.807, 2.05) is 19.1 Å². The predicted octanol–water partition coefficient (Wildman–Crippen LogP) is 1.82. The van der Waals surface area contributed by atoms with Gasteiger partial charge in [-0.25, -0.2) is 18.5 Å². The van der Waals surface area contributed by atoms with E-state index in [0.29, 0.717) is 6.54 Å². The number of nitrogens with zero attached hydrogens (tertiary/aromatic N) is 1. The summed E-state index contributed by atoms with van der Waals surface area (Å²) in [6, 6.07) is 10.5. The minimum absolute atomic E-state index is 0.130. The number of primary sulfonamides is 1. The monoisotopic (exact) mass is 320 g/mol. The number of sulfonamides is 1. The maximum atomic E-state index is 11.2. The first-order chi connectivity index (χ1) is 10.5. The number of benzene rings is 1. The summed E-state index contributed by atoms with van der Waals surface area (Å²) >= 11 is 0. The first-order valence-electron chi connectivity index (χ1n) is 7.04. The molecule has 0 radical (unpaired) electrons. The Kier molecular flexibility index (Phi) is 5.35. The van der Waals surface area contributed by atoms with Crippen LogP contribution in [0.1, 0.15) is 12.5 Å². The van der Waals surface area contributed by atoms with Gasteiger partial charge in [0.1, 0.15) is 5.82 Å². The van der Waals surface area contributed by atoms with Gasteiger partial charge in [-0.15, -0.1) is 0 Å². The summed E-state index contributed by atoms with van der Waals surface area (Å²) in [5.41, 5.74) is 2.02. The molecule has 0 spiro atoms. The van der Waals surface area contributed by atoms with Gasteiger partial charge >= 0.3 is 0 Å². The van der Waals surface area contributed by atoms with Crippen LogP contribution in [-0.4, -0.2) is 26.5 Å². The predicted molar refractivity (Wildman–Crippen MR) is 88.4 cm³/mol. The molecule has 0 fully saturated rings. The normalized spacial score (nSPS) is 11.2. The molecule has 0 aliphatic heterocycles. The van der Waals surface area contributed by atoms with Gasteiger partial charge in [-0.2, -0.15) is 0 Å². The molecular weight excluding hydrogens is 300 g/mol. The van der Waals surface area contributed by atoms with E-state index in [4.69, 9.17) is 5.14 Å². The fraction of sp³-hybridized carbons (Fsp3) is 0.267. The second-order valence-corrected chi connectivity index (χ2v) is 6.39. The van der Waals surface area contributed by atoms with Gasteiger partial charge in [0.2, 0.25) is 10.0 Å². The number of aromatic nitrogens is 1. The Balaban J connectivity index is 1.85. The molecule has 0 saturated carbocycles. The second-order valence-electron chi connectivity index (χ2n) is 4.83. The molecule has 0 atom stereocenters. The quantitative estimate of drug-likeness (QED) is 0.723. The number of rotatable bonds is 7. The Hall–Kier alpha value is -2.12. The number of hydrogen-bond donors (Lipinski definition) is 3.